The molecule has 0 aromatic carbocycles. The molecule has 0 aliphatic carbocycles. The van der Waals surface area contributed by atoms with E-state index in [4.69, 9.17) is 12.2 Å². The zero-order valence-electron chi connectivity index (χ0n) is 9.08. The second-order valence-electron chi connectivity index (χ2n) is 3.69. The molecule has 3 heterocycles. The average Bonchev–Trinajstić information content (AvgIpc) is 2.74. The van der Waals surface area contributed by atoms with Crippen molar-refractivity contribution in [1.29, 1.82) is 0 Å². The third-order valence-electron chi connectivity index (χ3n) is 2.42. The van der Waals surface area contributed by atoms with E-state index in [0.29, 0.717) is 4.64 Å². The fraction of sp³-hybridized carbons (Fsp3) is 0.0909. The first kappa shape index (κ1) is 10.1. The zero-order chi connectivity index (χ0) is 11.8. The van der Waals surface area contributed by atoms with Crippen molar-refractivity contribution >= 4 is 17.9 Å². The fourth-order valence-corrected chi connectivity index (χ4v) is 1.99. The highest BCUT2D eigenvalue weighted by Gasteiger charge is 2.05. The van der Waals surface area contributed by atoms with Crippen LogP contribution in [0.3, 0.4) is 0 Å². The molecule has 6 heteroatoms. The molecular formula is C11H9N5S. The molecule has 0 aliphatic rings. The minimum atomic E-state index is 0.697. The Labute approximate surface area is 102 Å². The number of nitrogens with one attached hydrogen (secondary N) is 1. The van der Waals surface area contributed by atoms with Crippen LogP contribution in [-0.4, -0.2) is 24.6 Å². The summed E-state index contributed by atoms with van der Waals surface area (Å²) in [4.78, 5) is 12.7. The molecule has 0 bridgehead atoms. The number of hydrogen-bond donors (Lipinski definition) is 1. The van der Waals surface area contributed by atoms with E-state index in [2.05, 4.69) is 20.1 Å². The van der Waals surface area contributed by atoms with Gasteiger partial charge in [0.2, 0.25) is 0 Å². The molecule has 3 aromatic rings. The third kappa shape index (κ3) is 1.72. The van der Waals surface area contributed by atoms with Crippen LogP contribution >= 0.6 is 12.2 Å². The fourth-order valence-electron chi connectivity index (χ4n) is 1.68. The molecule has 0 amide bonds. The van der Waals surface area contributed by atoms with Gasteiger partial charge in [0.05, 0.1) is 11.9 Å². The molecule has 0 radical (unpaired) electrons. The maximum absolute atomic E-state index is 5.26. The van der Waals surface area contributed by atoms with Gasteiger partial charge in [0.25, 0.3) is 0 Å². The predicted octanol–water partition coefficient (Wildman–Crippen LogP) is 2.16. The Morgan fingerprint density at radius 1 is 1.29 bits per heavy atom. The van der Waals surface area contributed by atoms with Crippen molar-refractivity contribution in [3.05, 3.63) is 41.1 Å². The van der Waals surface area contributed by atoms with Crippen LogP contribution < -0.4 is 0 Å². The minimum absolute atomic E-state index is 0.697. The van der Waals surface area contributed by atoms with E-state index in [1.54, 1.807) is 23.1 Å². The van der Waals surface area contributed by atoms with Gasteiger partial charge in [-0.25, -0.2) is 9.50 Å². The lowest BCUT2D eigenvalue weighted by atomic mass is 10.3. The van der Waals surface area contributed by atoms with E-state index in [-0.39, 0.29) is 0 Å². The van der Waals surface area contributed by atoms with Gasteiger partial charge in [0, 0.05) is 24.2 Å². The van der Waals surface area contributed by atoms with Crippen LogP contribution in [-0.2, 0) is 0 Å². The Balaban J connectivity index is 2.28. The summed E-state index contributed by atoms with van der Waals surface area (Å²) in [6.45, 7) is 1.92. The SMILES string of the molecule is Cc1cc(=S)n2[nH]c(-c3cnccn3)cc2n1. The topological polar surface area (TPSA) is 58.9 Å². The van der Waals surface area contributed by atoms with Gasteiger partial charge in [-0.1, -0.05) is 12.2 Å². The summed E-state index contributed by atoms with van der Waals surface area (Å²) in [5.41, 5.74) is 3.31. The molecule has 84 valence electrons. The molecule has 0 aliphatic heterocycles. The summed E-state index contributed by atoms with van der Waals surface area (Å²) in [6, 6.07) is 3.76. The van der Waals surface area contributed by atoms with E-state index in [9.17, 15) is 0 Å². The Bertz CT molecular complexity index is 728. The number of hydrogen-bond acceptors (Lipinski definition) is 4. The lowest BCUT2D eigenvalue weighted by Crippen LogP contribution is -1.93. The summed E-state index contributed by atoms with van der Waals surface area (Å²) in [5.74, 6) is 0. The van der Waals surface area contributed by atoms with Crippen molar-refractivity contribution in [3.8, 4) is 11.4 Å². The Morgan fingerprint density at radius 3 is 2.94 bits per heavy atom. The molecule has 3 rings (SSSR count). The smallest absolute Gasteiger partial charge is 0.155 e. The van der Waals surface area contributed by atoms with Gasteiger partial charge in [-0.15, -0.1) is 0 Å². The van der Waals surface area contributed by atoms with Gasteiger partial charge in [0.15, 0.2) is 5.65 Å². The first-order chi connectivity index (χ1) is 8.24. The Kier molecular flexibility index (Phi) is 2.22. The highest BCUT2D eigenvalue weighted by Crippen LogP contribution is 2.15. The molecule has 0 fully saturated rings. The number of fused-ring (bicyclic) bond motifs is 1. The summed E-state index contributed by atoms with van der Waals surface area (Å²) in [6.07, 6.45) is 4.99. The summed E-state index contributed by atoms with van der Waals surface area (Å²) >= 11 is 5.26. The quantitative estimate of drug-likeness (QED) is 0.665. The van der Waals surface area contributed by atoms with Crippen LogP contribution in [0.1, 0.15) is 5.69 Å². The van der Waals surface area contributed by atoms with E-state index < -0.39 is 0 Å². The standard InChI is InChI=1S/C11H9N5S/c1-7-4-11(17)16-10(14-7)5-8(15-16)9-6-12-2-3-13-9/h2-6,15H,1H3. The number of H-pyrrole nitrogens is 1. The maximum Gasteiger partial charge on any atom is 0.155 e. The van der Waals surface area contributed by atoms with Gasteiger partial charge in [-0.05, 0) is 13.0 Å². The molecule has 0 saturated carbocycles. The second-order valence-corrected chi connectivity index (χ2v) is 4.11. The van der Waals surface area contributed by atoms with Crippen molar-refractivity contribution < 1.29 is 0 Å². The van der Waals surface area contributed by atoms with E-state index in [1.165, 1.54) is 0 Å². The van der Waals surface area contributed by atoms with Crippen molar-refractivity contribution in [2.75, 3.05) is 0 Å². The molecule has 17 heavy (non-hydrogen) atoms. The number of aryl methyl sites for hydroxylation is 1. The van der Waals surface area contributed by atoms with E-state index >= 15 is 0 Å². The first-order valence-corrected chi connectivity index (χ1v) is 5.51. The highest BCUT2D eigenvalue weighted by atomic mass is 32.1. The van der Waals surface area contributed by atoms with Gasteiger partial charge in [-0.2, -0.15) is 0 Å². The molecule has 3 aromatic heterocycles. The molecule has 0 spiro atoms. The number of aromatic amines is 1. The molecule has 0 saturated heterocycles. The van der Waals surface area contributed by atoms with E-state index in [1.807, 2.05) is 19.1 Å². The summed E-state index contributed by atoms with van der Waals surface area (Å²) in [7, 11) is 0. The number of rotatable bonds is 1. The normalized spacial score (nSPS) is 10.9. The summed E-state index contributed by atoms with van der Waals surface area (Å²) < 4.78 is 2.45. The van der Waals surface area contributed by atoms with Crippen molar-refractivity contribution in [1.82, 2.24) is 24.6 Å². The summed E-state index contributed by atoms with van der Waals surface area (Å²) in [5, 5.41) is 3.15. The van der Waals surface area contributed by atoms with Crippen LogP contribution in [0.25, 0.3) is 17.0 Å². The van der Waals surface area contributed by atoms with Crippen LogP contribution in [0.2, 0.25) is 0 Å². The minimum Gasteiger partial charge on any atom is -0.289 e. The van der Waals surface area contributed by atoms with Gasteiger partial charge < -0.3 is 0 Å². The van der Waals surface area contributed by atoms with E-state index in [0.717, 1.165) is 22.7 Å². The number of nitrogens with zero attached hydrogens (tertiary/aromatic N) is 4. The molecular weight excluding hydrogens is 234 g/mol. The van der Waals surface area contributed by atoms with Crippen LogP contribution in [0, 0.1) is 11.6 Å². The highest BCUT2D eigenvalue weighted by molar-refractivity contribution is 7.71. The monoisotopic (exact) mass is 243 g/mol. The molecule has 0 atom stereocenters. The number of aromatic nitrogens is 5. The molecule has 0 unspecified atom stereocenters. The van der Waals surface area contributed by atoms with Gasteiger partial charge in [0.1, 0.15) is 10.3 Å². The first-order valence-electron chi connectivity index (χ1n) is 5.10. The van der Waals surface area contributed by atoms with Crippen LogP contribution in [0.15, 0.2) is 30.7 Å². The predicted molar refractivity (Wildman–Crippen MR) is 66.1 cm³/mol. The average molecular weight is 243 g/mol. The largest absolute Gasteiger partial charge is 0.289 e. The lowest BCUT2D eigenvalue weighted by Gasteiger charge is -1.95. The van der Waals surface area contributed by atoms with Crippen LogP contribution in [0.5, 0.6) is 0 Å². The molecule has 1 N–H and O–H groups in total. The van der Waals surface area contributed by atoms with Crippen molar-refractivity contribution in [2.45, 2.75) is 6.92 Å². The van der Waals surface area contributed by atoms with Gasteiger partial charge in [-0.3, -0.25) is 15.1 Å². The second kappa shape index (κ2) is 3.74. The lowest BCUT2D eigenvalue weighted by molar-refractivity contribution is 0.915. The Morgan fingerprint density at radius 2 is 2.18 bits per heavy atom. The third-order valence-corrected chi connectivity index (χ3v) is 2.72. The zero-order valence-corrected chi connectivity index (χ0v) is 9.90. The van der Waals surface area contributed by atoms with Crippen molar-refractivity contribution in [3.63, 3.8) is 0 Å². The molecule has 5 nitrogen and oxygen atoms in total. The van der Waals surface area contributed by atoms with Crippen LogP contribution in [0.4, 0.5) is 0 Å². The van der Waals surface area contributed by atoms with Gasteiger partial charge >= 0.3 is 0 Å². The Hall–Kier alpha value is -2.08. The maximum atomic E-state index is 5.26. The van der Waals surface area contributed by atoms with Crippen molar-refractivity contribution in [2.24, 2.45) is 0 Å².